The van der Waals surface area contributed by atoms with E-state index in [1.54, 1.807) is 0 Å². The van der Waals surface area contributed by atoms with Crippen molar-refractivity contribution in [3.63, 3.8) is 0 Å². The van der Waals surface area contributed by atoms with Crippen LogP contribution in [0.25, 0.3) is 0 Å². The summed E-state index contributed by atoms with van der Waals surface area (Å²) in [7, 11) is 0. The van der Waals surface area contributed by atoms with Crippen LogP contribution >= 0.6 is 11.6 Å². The molecule has 0 saturated heterocycles. The molecule has 0 aliphatic heterocycles. The van der Waals surface area contributed by atoms with E-state index in [1.165, 1.54) is 0 Å². The lowest BCUT2D eigenvalue weighted by molar-refractivity contribution is -0.124. The van der Waals surface area contributed by atoms with Crippen LogP contribution in [-0.2, 0) is 11.3 Å². The predicted octanol–water partition coefficient (Wildman–Crippen LogP) is 2.61. The maximum Gasteiger partial charge on any atom is 0.222 e. The van der Waals surface area contributed by atoms with Gasteiger partial charge >= 0.3 is 0 Å². The molecule has 1 N–H and O–H groups in total. The fourth-order valence-electron chi connectivity index (χ4n) is 0.996. The van der Waals surface area contributed by atoms with Gasteiger partial charge in [-0.05, 0) is 17.7 Å². The van der Waals surface area contributed by atoms with Crippen LogP contribution in [0.4, 0.5) is 0 Å². The minimum absolute atomic E-state index is 0.0299. The lowest BCUT2D eigenvalue weighted by atomic mass is 10.2. The van der Waals surface area contributed by atoms with Gasteiger partial charge in [0.2, 0.25) is 5.91 Å². The van der Waals surface area contributed by atoms with E-state index < -0.39 is 0 Å². The molecule has 1 aromatic carbocycles. The zero-order valence-electron chi connectivity index (χ0n) is 8.38. The Morgan fingerprint density at radius 2 is 1.93 bits per heavy atom. The van der Waals surface area contributed by atoms with Crippen LogP contribution in [-0.4, -0.2) is 5.91 Å². The van der Waals surface area contributed by atoms with Gasteiger partial charge in [-0.15, -0.1) is 0 Å². The summed E-state index contributed by atoms with van der Waals surface area (Å²) in [4.78, 5) is 11.2. The maximum atomic E-state index is 11.2. The van der Waals surface area contributed by atoms with Gasteiger partial charge in [-0.3, -0.25) is 4.79 Å². The average molecular weight is 212 g/mol. The number of carbonyl (C=O) groups is 1. The van der Waals surface area contributed by atoms with Crippen LogP contribution in [0.5, 0.6) is 0 Å². The minimum Gasteiger partial charge on any atom is -0.352 e. The Kier molecular flexibility index (Phi) is 3.96. The van der Waals surface area contributed by atoms with Crippen molar-refractivity contribution < 1.29 is 4.79 Å². The second-order valence-corrected chi connectivity index (χ2v) is 3.94. The topological polar surface area (TPSA) is 29.1 Å². The van der Waals surface area contributed by atoms with Gasteiger partial charge < -0.3 is 5.32 Å². The van der Waals surface area contributed by atoms with E-state index in [4.69, 9.17) is 11.6 Å². The van der Waals surface area contributed by atoms with Crippen molar-refractivity contribution in [2.24, 2.45) is 5.92 Å². The lowest BCUT2D eigenvalue weighted by Crippen LogP contribution is -2.26. The second-order valence-electron chi connectivity index (χ2n) is 3.50. The number of nitrogens with one attached hydrogen (secondary N) is 1. The van der Waals surface area contributed by atoms with Crippen LogP contribution in [0, 0.1) is 5.92 Å². The molecule has 76 valence electrons. The van der Waals surface area contributed by atoms with E-state index in [2.05, 4.69) is 5.32 Å². The molecule has 0 aromatic heterocycles. The molecule has 0 saturated carbocycles. The third kappa shape index (κ3) is 3.38. The van der Waals surface area contributed by atoms with Crippen molar-refractivity contribution in [3.05, 3.63) is 34.9 Å². The van der Waals surface area contributed by atoms with Gasteiger partial charge in [0.25, 0.3) is 0 Å². The first-order chi connectivity index (χ1) is 6.59. The molecule has 1 rings (SSSR count). The number of carbonyl (C=O) groups excluding carboxylic acids is 1. The summed E-state index contributed by atoms with van der Waals surface area (Å²) in [6, 6.07) is 7.45. The molecule has 0 aliphatic carbocycles. The standard InChI is InChI=1S/C11H14ClNO/c1-8(2)11(14)13-7-9-3-5-10(12)6-4-9/h3-6,8H,7H2,1-2H3,(H,13,14). The molecule has 0 bridgehead atoms. The molecule has 0 atom stereocenters. The van der Waals surface area contributed by atoms with Crippen LogP contribution in [0.3, 0.4) is 0 Å². The molecule has 2 nitrogen and oxygen atoms in total. The summed E-state index contributed by atoms with van der Waals surface area (Å²) >= 11 is 5.74. The molecule has 1 aromatic rings. The quantitative estimate of drug-likeness (QED) is 0.818. The first-order valence-electron chi connectivity index (χ1n) is 4.61. The zero-order valence-corrected chi connectivity index (χ0v) is 9.14. The average Bonchev–Trinajstić information content (AvgIpc) is 2.16. The fourth-order valence-corrected chi connectivity index (χ4v) is 1.12. The van der Waals surface area contributed by atoms with Gasteiger partial charge in [0.1, 0.15) is 0 Å². The molecule has 0 unspecified atom stereocenters. The number of halogens is 1. The second kappa shape index (κ2) is 5.01. The van der Waals surface area contributed by atoms with Crippen molar-refractivity contribution in [1.82, 2.24) is 5.32 Å². The van der Waals surface area contributed by atoms with Crippen molar-refractivity contribution in [3.8, 4) is 0 Å². The van der Waals surface area contributed by atoms with Crippen molar-refractivity contribution in [1.29, 1.82) is 0 Å². The molecular formula is C11H14ClNO. The Balaban J connectivity index is 2.46. The van der Waals surface area contributed by atoms with Crippen LogP contribution in [0.2, 0.25) is 5.02 Å². The highest BCUT2D eigenvalue weighted by Gasteiger charge is 2.05. The van der Waals surface area contributed by atoms with Gasteiger partial charge in [0.15, 0.2) is 0 Å². The van der Waals surface area contributed by atoms with E-state index >= 15 is 0 Å². The summed E-state index contributed by atoms with van der Waals surface area (Å²) in [5.74, 6) is 0.0993. The van der Waals surface area contributed by atoms with E-state index in [-0.39, 0.29) is 11.8 Å². The Hall–Kier alpha value is -1.02. The summed E-state index contributed by atoms with van der Waals surface area (Å²) < 4.78 is 0. The number of benzene rings is 1. The zero-order chi connectivity index (χ0) is 10.6. The number of rotatable bonds is 3. The highest BCUT2D eigenvalue weighted by atomic mass is 35.5. The highest BCUT2D eigenvalue weighted by molar-refractivity contribution is 6.30. The van der Waals surface area contributed by atoms with Crippen molar-refractivity contribution in [2.45, 2.75) is 20.4 Å². The fraction of sp³-hybridized carbons (Fsp3) is 0.364. The Bertz CT molecular complexity index is 306. The molecule has 3 heteroatoms. The van der Waals surface area contributed by atoms with E-state index in [0.717, 1.165) is 5.56 Å². The molecule has 0 radical (unpaired) electrons. The first-order valence-corrected chi connectivity index (χ1v) is 4.99. The first kappa shape index (κ1) is 11.1. The summed E-state index contributed by atoms with van der Waals surface area (Å²) in [6.45, 7) is 4.31. The lowest BCUT2D eigenvalue weighted by Gasteiger charge is -2.07. The van der Waals surface area contributed by atoms with Gasteiger partial charge in [-0.25, -0.2) is 0 Å². The van der Waals surface area contributed by atoms with E-state index in [1.807, 2.05) is 38.1 Å². The molecule has 0 fully saturated rings. The summed E-state index contributed by atoms with van der Waals surface area (Å²) in [5, 5.41) is 3.55. The van der Waals surface area contributed by atoms with Gasteiger partial charge in [0.05, 0.1) is 0 Å². The Morgan fingerprint density at radius 1 is 1.36 bits per heavy atom. The van der Waals surface area contributed by atoms with E-state index in [9.17, 15) is 4.79 Å². The van der Waals surface area contributed by atoms with Gasteiger partial charge in [-0.2, -0.15) is 0 Å². The number of amides is 1. The van der Waals surface area contributed by atoms with Crippen LogP contribution in [0.15, 0.2) is 24.3 Å². The molecular weight excluding hydrogens is 198 g/mol. The molecule has 0 aliphatic rings. The third-order valence-electron chi connectivity index (χ3n) is 1.90. The van der Waals surface area contributed by atoms with Crippen molar-refractivity contribution >= 4 is 17.5 Å². The normalized spacial score (nSPS) is 10.3. The molecule has 1 amide bonds. The van der Waals surface area contributed by atoms with E-state index in [0.29, 0.717) is 11.6 Å². The van der Waals surface area contributed by atoms with Crippen LogP contribution in [0.1, 0.15) is 19.4 Å². The molecule has 0 spiro atoms. The molecule has 0 heterocycles. The van der Waals surface area contributed by atoms with Crippen LogP contribution < -0.4 is 5.32 Å². The predicted molar refractivity (Wildman–Crippen MR) is 58.1 cm³/mol. The third-order valence-corrected chi connectivity index (χ3v) is 2.16. The largest absolute Gasteiger partial charge is 0.352 e. The SMILES string of the molecule is CC(C)C(=O)NCc1ccc(Cl)cc1. The smallest absolute Gasteiger partial charge is 0.222 e. The highest BCUT2D eigenvalue weighted by Crippen LogP contribution is 2.09. The molecule has 14 heavy (non-hydrogen) atoms. The minimum atomic E-state index is 0.0299. The number of hydrogen-bond donors (Lipinski definition) is 1. The number of hydrogen-bond acceptors (Lipinski definition) is 1. The maximum absolute atomic E-state index is 11.2. The summed E-state index contributed by atoms with van der Waals surface area (Å²) in [6.07, 6.45) is 0. The summed E-state index contributed by atoms with van der Waals surface area (Å²) in [5.41, 5.74) is 1.06. The monoisotopic (exact) mass is 211 g/mol. The Morgan fingerprint density at radius 3 is 2.43 bits per heavy atom. The Labute approximate surface area is 89.3 Å². The van der Waals surface area contributed by atoms with Gasteiger partial charge in [-0.1, -0.05) is 37.6 Å². The van der Waals surface area contributed by atoms with Gasteiger partial charge in [0, 0.05) is 17.5 Å². The van der Waals surface area contributed by atoms with Crippen molar-refractivity contribution in [2.75, 3.05) is 0 Å².